The molecule has 1 atom stereocenters. The van der Waals surface area contributed by atoms with Crippen LogP contribution in [0.2, 0.25) is 0 Å². The number of aromatic hydroxyl groups is 1. The summed E-state index contributed by atoms with van der Waals surface area (Å²) >= 11 is 0. The molecule has 43 heavy (non-hydrogen) atoms. The second-order valence-corrected chi connectivity index (χ2v) is 11.2. The minimum Gasteiger partial charge on any atom is -0.508 e. The largest absolute Gasteiger partial charge is 0.508 e. The lowest BCUT2D eigenvalue weighted by Crippen LogP contribution is -2.57. The van der Waals surface area contributed by atoms with E-state index in [4.69, 9.17) is 0 Å². The van der Waals surface area contributed by atoms with Crippen molar-refractivity contribution in [3.05, 3.63) is 93.8 Å². The summed E-state index contributed by atoms with van der Waals surface area (Å²) < 4.78 is 81.1. The van der Waals surface area contributed by atoms with Gasteiger partial charge in [-0.05, 0) is 60.4 Å². The number of benzene rings is 2. The fourth-order valence-corrected chi connectivity index (χ4v) is 5.76. The van der Waals surface area contributed by atoms with Crippen LogP contribution in [-0.2, 0) is 31.7 Å². The van der Waals surface area contributed by atoms with Crippen LogP contribution < -0.4 is 0 Å². The van der Waals surface area contributed by atoms with Crippen molar-refractivity contribution in [3.63, 3.8) is 0 Å². The highest BCUT2D eigenvalue weighted by Crippen LogP contribution is 2.37. The normalized spacial score (nSPS) is 18.5. The van der Waals surface area contributed by atoms with Crippen molar-refractivity contribution in [2.75, 3.05) is 39.3 Å². The molecule has 1 saturated heterocycles. The van der Waals surface area contributed by atoms with E-state index < -0.39 is 41.0 Å². The lowest BCUT2D eigenvalue weighted by Gasteiger charge is -2.42. The molecule has 5 rings (SSSR count). The molecule has 230 valence electrons. The molecule has 12 heteroatoms. The predicted molar refractivity (Wildman–Crippen MR) is 147 cm³/mol. The maximum atomic E-state index is 13.6. The monoisotopic (exact) mass is 606 g/mol. The molecule has 3 aromatic rings. The molecule has 0 unspecified atom stereocenters. The highest BCUT2D eigenvalue weighted by Gasteiger charge is 2.39. The Morgan fingerprint density at radius 2 is 1.63 bits per heavy atom. The van der Waals surface area contributed by atoms with Gasteiger partial charge in [-0.3, -0.25) is 19.6 Å². The van der Waals surface area contributed by atoms with Crippen LogP contribution in [0.5, 0.6) is 5.75 Å². The van der Waals surface area contributed by atoms with Crippen molar-refractivity contribution in [2.45, 2.75) is 44.7 Å². The lowest BCUT2D eigenvalue weighted by molar-refractivity contribution is -0.143. The second-order valence-electron chi connectivity index (χ2n) is 11.2. The van der Waals surface area contributed by atoms with Gasteiger partial charge in [-0.15, -0.1) is 0 Å². The summed E-state index contributed by atoms with van der Waals surface area (Å²) in [6.45, 7) is 5.70. The number of pyridine rings is 1. The highest BCUT2D eigenvalue weighted by molar-refractivity contribution is 5.95. The van der Waals surface area contributed by atoms with Crippen molar-refractivity contribution in [1.82, 2.24) is 19.7 Å². The Hall–Kier alpha value is -3.64. The molecule has 0 bridgehead atoms. The van der Waals surface area contributed by atoms with Gasteiger partial charge >= 0.3 is 12.4 Å². The summed E-state index contributed by atoms with van der Waals surface area (Å²) in [5, 5.41) is 10.2. The Kier molecular flexibility index (Phi) is 8.71. The maximum absolute atomic E-state index is 13.6. The van der Waals surface area contributed by atoms with Gasteiger partial charge in [0.1, 0.15) is 5.75 Å². The highest BCUT2D eigenvalue weighted by atomic mass is 19.4. The summed E-state index contributed by atoms with van der Waals surface area (Å²) in [7, 11) is 0. The second kappa shape index (κ2) is 12.2. The molecule has 6 nitrogen and oxygen atoms in total. The molecule has 2 aliphatic heterocycles. The van der Waals surface area contributed by atoms with Crippen LogP contribution in [0, 0.1) is 6.92 Å². The number of phenols is 1. The Bertz CT molecular complexity index is 1440. The van der Waals surface area contributed by atoms with Crippen LogP contribution in [0.15, 0.2) is 54.7 Å². The number of rotatable bonds is 6. The van der Waals surface area contributed by atoms with Crippen LogP contribution in [0.1, 0.15) is 43.9 Å². The number of hydrogen-bond donors (Lipinski definition) is 1. The zero-order chi connectivity index (χ0) is 30.9. The summed E-state index contributed by atoms with van der Waals surface area (Å²) in [4.78, 5) is 23.9. The fourth-order valence-electron chi connectivity index (χ4n) is 5.76. The number of aromatic nitrogens is 1. The van der Waals surface area contributed by atoms with Crippen LogP contribution in [-0.4, -0.2) is 76.0 Å². The summed E-state index contributed by atoms with van der Waals surface area (Å²) in [6.07, 6.45) is -7.22. The number of piperazine rings is 1. The zero-order valence-electron chi connectivity index (χ0n) is 23.5. The van der Waals surface area contributed by atoms with E-state index in [1.807, 2.05) is 6.07 Å². The van der Waals surface area contributed by atoms with Crippen molar-refractivity contribution in [2.24, 2.45) is 0 Å². The first-order chi connectivity index (χ1) is 20.3. The number of hydrogen-bond acceptors (Lipinski definition) is 5. The number of carbonyl (C=O) groups excluding carboxylic acids is 1. The van der Waals surface area contributed by atoms with Gasteiger partial charge in [0.05, 0.1) is 11.1 Å². The van der Waals surface area contributed by atoms with Crippen molar-refractivity contribution < 1.29 is 36.2 Å². The molecule has 0 radical (unpaired) electrons. The number of amides is 1. The van der Waals surface area contributed by atoms with Gasteiger partial charge in [-0.25, -0.2) is 0 Å². The molecule has 1 fully saturated rings. The van der Waals surface area contributed by atoms with Gasteiger partial charge < -0.3 is 10.0 Å². The summed E-state index contributed by atoms with van der Waals surface area (Å²) in [5.41, 5.74) is -0.0777. The molecule has 0 spiro atoms. The number of aryl methyl sites for hydroxylation is 1. The third kappa shape index (κ3) is 7.30. The van der Waals surface area contributed by atoms with E-state index in [0.29, 0.717) is 42.9 Å². The topological polar surface area (TPSA) is 59.9 Å². The Labute approximate surface area is 245 Å². The minimum atomic E-state index is -5.06. The summed E-state index contributed by atoms with van der Waals surface area (Å²) in [5.74, 6) is -0.826. The van der Waals surface area contributed by atoms with Gasteiger partial charge in [0, 0.05) is 75.7 Å². The third-order valence-corrected chi connectivity index (χ3v) is 8.18. The molecule has 1 amide bonds. The van der Waals surface area contributed by atoms with E-state index in [0.717, 1.165) is 31.7 Å². The standard InChI is InChI=1S/C31H32F6N4O2/c1-20-4-5-21(14-28(20)42)13-26-19-40(10-9-39-8-6-27-22(18-39)3-2-7-38-27)11-12-41(26)29(43)23-15-24(30(32,33)34)17-25(16-23)31(35,36)37/h2-5,7,14-17,26,42H,6,8-13,18-19H2,1H3/t26-/m1/s1. The minimum absolute atomic E-state index is 0.0241. The van der Waals surface area contributed by atoms with Crippen LogP contribution >= 0.6 is 0 Å². The van der Waals surface area contributed by atoms with Crippen LogP contribution in [0.3, 0.4) is 0 Å². The van der Waals surface area contributed by atoms with E-state index >= 15 is 0 Å². The van der Waals surface area contributed by atoms with Gasteiger partial charge in [0.15, 0.2) is 0 Å². The van der Waals surface area contributed by atoms with Crippen molar-refractivity contribution in [3.8, 4) is 5.75 Å². The zero-order valence-corrected chi connectivity index (χ0v) is 23.5. The van der Waals surface area contributed by atoms with Gasteiger partial charge in [0.25, 0.3) is 5.91 Å². The van der Waals surface area contributed by atoms with Gasteiger partial charge in [0.2, 0.25) is 0 Å². The Morgan fingerprint density at radius 3 is 2.30 bits per heavy atom. The smallest absolute Gasteiger partial charge is 0.416 e. The Balaban J connectivity index is 1.36. The van der Waals surface area contributed by atoms with E-state index in [9.17, 15) is 36.2 Å². The number of fused-ring (bicyclic) bond motifs is 1. The quantitative estimate of drug-likeness (QED) is 0.373. The Morgan fingerprint density at radius 1 is 0.930 bits per heavy atom. The average molecular weight is 607 g/mol. The number of nitrogens with zero attached hydrogens (tertiary/aromatic N) is 4. The molecule has 0 aliphatic carbocycles. The number of carbonyl (C=O) groups is 1. The van der Waals surface area contributed by atoms with E-state index in [2.05, 4.69) is 20.9 Å². The first kappa shape index (κ1) is 30.8. The van der Waals surface area contributed by atoms with E-state index in [1.165, 1.54) is 10.5 Å². The lowest BCUT2D eigenvalue weighted by atomic mass is 9.98. The number of phenolic OH excluding ortho intramolecular Hbond substituents is 1. The van der Waals surface area contributed by atoms with Crippen LogP contribution in [0.4, 0.5) is 26.3 Å². The molecule has 1 aromatic heterocycles. The third-order valence-electron chi connectivity index (χ3n) is 8.18. The first-order valence-corrected chi connectivity index (χ1v) is 14.0. The summed E-state index contributed by atoms with van der Waals surface area (Å²) in [6, 6.07) is 9.52. The predicted octanol–water partition coefficient (Wildman–Crippen LogP) is 5.56. The molecule has 3 heterocycles. The number of alkyl halides is 6. The fraction of sp³-hybridized carbons (Fsp3) is 0.419. The molecule has 0 saturated carbocycles. The maximum Gasteiger partial charge on any atom is 0.416 e. The molecule has 1 N–H and O–H groups in total. The van der Waals surface area contributed by atoms with Gasteiger partial charge in [-0.1, -0.05) is 18.2 Å². The molecule has 2 aliphatic rings. The molecule has 2 aromatic carbocycles. The molecular weight excluding hydrogens is 574 g/mol. The van der Waals surface area contributed by atoms with Crippen molar-refractivity contribution in [1.29, 1.82) is 0 Å². The van der Waals surface area contributed by atoms with E-state index in [1.54, 1.807) is 31.3 Å². The first-order valence-electron chi connectivity index (χ1n) is 14.0. The van der Waals surface area contributed by atoms with Crippen molar-refractivity contribution >= 4 is 5.91 Å². The van der Waals surface area contributed by atoms with Crippen LogP contribution in [0.25, 0.3) is 0 Å². The average Bonchev–Trinajstić information content (AvgIpc) is 2.96. The number of halogens is 6. The van der Waals surface area contributed by atoms with E-state index in [-0.39, 0.29) is 24.8 Å². The van der Waals surface area contributed by atoms with Gasteiger partial charge in [-0.2, -0.15) is 26.3 Å². The molecular formula is C31H32F6N4O2. The SMILES string of the molecule is Cc1ccc(C[C@@H]2CN(CCN3CCc4ncccc4C3)CCN2C(=O)c2cc(C(F)(F)F)cc(C(F)(F)F)c2)cc1O.